The summed E-state index contributed by atoms with van der Waals surface area (Å²) in [6, 6.07) is 7.87. The summed E-state index contributed by atoms with van der Waals surface area (Å²) < 4.78 is 58.1. The normalized spacial score (nSPS) is 15.2. The molecule has 3 aromatic rings. The molecule has 0 bridgehead atoms. The van der Waals surface area contributed by atoms with Crippen LogP contribution in [0.15, 0.2) is 47.5 Å². The molecule has 1 saturated heterocycles. The van der Waals surface area contributed by atoms with E-state index >= 15 is 0 Å². The molecule has 0 spiro atoms. The van der Waals surface area contributed by atoms with E-state index in [9.17, 15) is 22.0 Å². The first-order valence-corrected chi connectivity index (χ1v) is 11.2. The number of hydrogen-bond donors (Lipinski definition) is 2. The van der Waals surface area contributed by atoms with Crippen LogP contribution in [0.3, 0.4) is 0 Å². The van der Waals surface area contributed by atoms with Gasteiger partial charge in [0.2, 0.25) is 10.0 Å². The number of para-hydroxylation sites is 1. The van der Waals surface area contributed by atoms with Gasteiger partial charge in [-0.2, -0.15) is 0 Å². The molecule has 1 fully saturated rings. The number of ether oxygens (including phenoxy) is 1. The minimum Gasteiger partial charge on any atom is -0.490 e. The molecule has 0 atom stereocenters. The van der Waals surface area contributed by atoms with Crippen LogP contribution < -0.4 is 9.88 Å². The number of nitrogens with two attached hydrogens (primary N) is 1. The van der Waals surface area contributed by atoms with Crippen molar-refractivity contribution < 1.29 is 31.8 Å². The van der Waals surface area contributed by atoms with E-state index in [1.54, 1.807) is 24.3 Å². The summed E-state index contributed by atoms with van der Waals surface area (Å²) in [6.07, 6.45) is 1.34. The number of pyridine rings is 1. The number of carbonyl (C=O) groups is 1. The van der Waals surface area contributed by atoms with Gasteiger partial charge in [0.25, 0.3) is 0 Å². The fourth-order valence-corrected chi connectivity index (χ4v) is 4.37. The number of sulfonamides is 1. The third-order valence-corrected chi connectivity index (χ3v) is 6.28. The summed E-state index contributed by atoms with van der Waals surface area (Å²) in [5.74, 6) is -1.65. The van der Waals surface area contributed by atoms with Gasteiger partial charge in [-0.05, 0) is 24.3 Å². The smallest absolute Gasteiger partial charge is 0.407 e. The predicted octanol–water partition coefficient (Wildman–Crippen LogP) is 3.35. The van der Waals surface area contributed by atoms with Crippen LogP contribution in [0.1, 0.15) is 12.8 Å². The fraction of sp³-hybridized carbons (Fsp3) is 0.238. The number of carboxylic acid groups (broad SMARTS) is 1. The number of primary sulfonamides is 1. The van der Waals surface area contributed by atoms with Crippen molar-refractivity contribution >= 4 is 27.0 Å². The van der Waals surface area contributed by atoms with Gasteiger partial charge in [0.1, 0.15) is 28.4 Å². The first-order valence-electron chi connectivity index (χ1n) is 9.69. The quantitative estimate of drug-likeness (QED) is 0.612. The molecule has 0 radical (unpaired) electrons. The number of aromatic nitrogens is 1. The Hall–Kier alpha value is -3.31. The van der Waals surface area contributed by atoms with E-state index in [-0.39, 0.29) is 17.2 Å². The summed E-state index contributed by atoms with van der Waals surface area (Å²) >= 11 is 0. The van der Waals surface area contributed by atoms with Crippen molar-refractivity contribution in [2.24, 2.45) is 5.14 Å². The number of likely N-dealkylation sites (tertiary alicyclic amines) is 1. The number of amides is 1. The lowest BCUT2D eigenvalue weighted by Gasteiger charge is -2.30. The van der Waals surface area contributed by atoms with Crippen LogP contribution in [-0.2, 0) is 10.0 Å². The maximum absolute atomic E-state index is 14.8. The molecule has 2 aromatic carbocycles. The third-order valence-electron chi connectivity index (χ3n) is 5.36. The number of benzene rings is 2. The third kappa shape index (κ3) is 4.21. The highest BCUT2D eigenvalue weighted by atomic mass is 32.2. The lowest BCUT2D eigenvalue weighted by atomic mass is 10.0. The van der Waals surface area contributed by atoms with Crippen molar-refractivity contribution in [1.82, 2.24) is 9.88 Å². The first kappa shape index (κ1) is 21.9. The monoisotopic (exact) mass is 463 g/mol. The second kappa shape index (κ2) is 8.32. The Labute approximate surface area is 182 Å². The van der Waals surface area contributed by atoms with Gasteiger partial charge in [0, 0.05) is 48.6 Å². The summed E-state index contributed by atoms with van der Waals surface area (Å²) in [7, 11) is -4.42. The van der Waals surface area contributed by atoms with E-state index in [2.05, 4.69) is 4.98 Å². The molecule has 1 aliphatic rings. The molecule has 1 aliphatic heterocycles. The van der Waals surface area contributed by atoms with Crippen molar-refractivity contribution in [3.8, 4) is 16.9 Å². The predicted molar refractivity (Wildman–Crippen MR) is 112 cm³/mol. The number of fused-ring (bicyclic) bond motifs is 1. The van der Waals surface area contributed by atoms with E-state index in [1.807, 2.05) is 0 Å². The van der Waals surface area contributed by atoms with Crippen molar-refractivity contribution in [3.63, 3.8) is 0 Å². The Morgan fingerprint density at radius 1 is 1.12 bits per heavy atom. The van der Waals surface area contributed by atoms with Gasteiger partial charge in [-0.15, -0.1) is 0 Å². The zero-order chi connectivity index (χ0) is 23.0. The van der Waals surface area contributed by atoms with Crippen molar-refractivity contribution in [2.75, 3.05) is 13.1 Å². The van der Waals surface area contributed by atoms with Crippen LogP contribution in [-0.4, -0.2) is 48.7 Å². The van der Waals surface area contributed by atoms with E-state index in [1.165, 1.54) is 11.1 Å². The van der Waals surface area contributed by atoms with Gasteiger partial charge >= 0.3 is 6.09 Å². The van der Waals surface area contributed by atoms with E-state index in [0.29, 0.717) is 48.6 Å². The van der Waals surface area contributed by atoms with Gasteiger partial charge in [-0.25, -0.2) is 27.1 Å². The molecular formula is C21H19F2N3O5S. The summed E-state index contributed by atoms with van der Waals surface area (Å²) in [5.41, 5.74) is 0.431. The van der Waals surface area contributed by atoms with Crippen LogP contribution in [0.2, 0.25) is 0 Å². The second-order valence-electron chi connectivity index (χ2n) is 7.41. The molecule has 8 nitrogen and oxygen atoms in total. The summed E-state index contributed by atoms with van der Waals surface area (Å²) in [6.45, 7) is 0.713. The Balaban J connectivity index is 1.71. The van der Waals surface area contributed by atoms with Crippen LogP contribution in [0, 0.1) is 11.6 Å². The number of hydrogen-bond acceptors (Lipinski definition) is 5. The van der Waals surface area contributed by atoms with E-state index in [4.69, 9.17) is 15.0 Å². The topological polar surface area (TPSA) is 123 Å². The maximum Gasteiger partial charge on any atom is 0.407 e. The summed E-state index contributed by atoms with van der Waals surface area (Å²) in [5, 5.41) is 14.6. The second-order valence-corrected chi connectivity index (χ2v) is 8.93. The molecule has 1 aromatic heterocycles. The number of piperidine rings is 1. The molecule has 0 aliphatic carbocycles. The molecule has 0 saturated carbocycles. The Morgan fingerprint density at radius 2 is 1.84 bits per heavy atom. The summed E-state index contributed by atoms with van der Waals surface area (Å²) in [4.78, 5) is 15.8. The highest BCUT2D eigenvalue weighted by Crippen LogP contribution is 2.35. The average molecular weight is 463 g/mol. The lowest BCUT2D eigenvalue weighted by Crippen LogP contribution is -2.41. The lowest BCUT2D eigenvalue weighted by molar-refractivity contribution is 0.0902. The molecule has 168 valence electrons. The van der Waals surface area contributed by atoms with Crippen LogP contribution in [0.25, 0.3) is 22.0 Å². The van der Waals surface area contributed by atoms with Crippen LogP contribution in [0.4, 0.5) is 13.6 Å². The molecule has 0 unspecified atom stereocenters. The Kier molecular flexibility index (Phi) is 5.70. The van der Waals surface area contributed by atoms with Gasteiger partial charge in [-0.1, -0.05) is 12.1 Å². The van der Waals surface area contributed by atoms with Crippen molar-refractivity contribution in [1.29, 1.82) is 0 Å². The van der Waals surface area contributed by atoms with Gasteiger partial charge < -0.3 is 14.7 Å². The van der Waals surface area contributed by atoms with Gasteiger partial charge in [-0.3, -0.25) is 4.98 Å². The van der Waals surface area contributed by atoms with Gasteiger partial charge in [0.15, 0.2) is 0 Å². The number of rotatable bonds is 4. The van der Waals surface area contributed by atoms with Crippen molar-refractivity contribution in [2.45, 2.75) is 23.8 Å². The molecular weight excluding hydrogens is 444 g/mol. The zero-order valence-electron chi connectivity index (χ0n) is 16.7. The standard InChI is InChI=1S/C21H19F2N3O5S/c22-16-11-19(32(24,29)30)17(23)10-15(16)13-2-1-3-14-18(4-7-25-20(13)14)31-12-5-8-26(9-6-12)21(27)28/h1-4,7,10-12H,5-6,8-9H2,(H,27,28)(H2,24,29,30). The number of nitrogens with zero attached hydrogens (tertiary/aromatic N) is 2. The molecule has 1 amide bonds. The van der Waals surface area contributed by atoms with E-state index < -0.39 is 32.6 Å². The van der Waals surface area contributed by atoms with Crippen LogP contribution in [0.5, 0.6) is 5.75 Å². The minimum atomic E-state index is -4.42. The Morgan fingerprint density at radius 3 is 2.50 bits per heavy atom. The minimum absolute atomic E-state index is 0.167. The van der Waals surface area contributed by atoms with E-state index in [0.717, 1.165) is 6.07 Å². The number of halogens is 2. The first-order chi connectivity index (χ1) is 15.1. The highest BCUT2D eigenvalue weighted by Gasteiger charge is 2.25. The fourth-order valence-electron chi connectivity index (χ4n) is 3.77. The molecule has 11 heteroatoms. The molecule has 4 rings (SSSR count). The SMILES string of the molecule is NS(=O)(=O)c1cc(F)c(-c2cccc3c(OC4CCN(C(=O)O)CC4)ccnc23)cc1F. The van der Waals surface area contributed by atoms with Crippen molar-refractivity contribution in [3.05, 3.63) is 54.2 Å². The molecule has 2 heterocycles. The zero-order valence-corrected chi connectivity index (χ0v) is 17.5. The Bertz CT molecular complexity index is 1310. The highest BCUT2D eigenvalue weighted by molar-refractivity contribution is 7.89. The molecule has 3 N–H and O–H groups in total. The average Bonchev–Trinajstić information content (AvgIpc) is 2.74. The maximum atomic E-state index is 14.8. The van der Waals surface area contributed by atoms with Crippen LogP contribution >= 0.6 is 0 Å². The largest absolute Gasteiger partial charge is 0.490 e. The molecule has 32 heavy (non-hydrogen) atoms. The van der Waals surface area contributed by atoms with Gasteiger partial charge in [0.05, 0.1) is 5.52 Å².